The minimum absolute atomic E-state index is 0.355. The fourth-order valence-corrected chi connectivity index (χ4v) is 3.61. The molecule has 4 rings (SSSR count). The van der Waals surface area contributed by atoms with Crippen LogP contribution in [0.3, 0.4) is 0 Å². The second-order valence-electron chi connectivity index (χ2n) is 6.38. The van der Waals surface area contributed by atoms with E-state index in [4.69, 9.17) is 8.94 Å². The molecule has 0 unspecified atom stereocenters. The number of likely N-dealkylation sites (tertiary alicyclic amines) is 1. The van der Waals surface area contributed by atoms with Gasteiger partial charge in [0.15, 0.2) is 0 Å². The van der Waals surface area contributed by atoms with Crippen molar-refractivity contribution in [2.75, 3.05) is 6.54 Å². The molecule has 0 radical (unpaired) electrons. The number of rotatable bonds is 4. The summed E-state index contributed by atoms with van der Waals surface area (Å²) >= 11 is 0. The summed E-state index contributed by atoms with van der Waals surface area (Å²) in [5, 5.41) is 4.11. The lowest BCUT2D eigenvalue weighted by Crippen LogP contribution is -2.23. The summed E-state index contributed by atoms with van der Waals surface area (Å²) in [6.07, 6.45) is 4.08. The van der Waals surface area contributed by atoms with E-state index in [1.54, 1.807) is 6.26 Å². The largest absolute Gasteiger partial charge is 0.444 e. The minimum Gasteiger partial charge on any atom is -0.444 e. The lowest BCUT2D eigenvalue weighted by Gasteiger charge is -2.23. The zero-order chi connectivity index (χ0) is 16.5. The number of oxazole rings is 1. The molecule has 5 heteroatoms. The fourth-order valence-electron chi connectivity index (χ4n) is 3.61. The van der Waals surface area contributed by atoms with E-state index in [0.717, 1.165) is 42.2 Å². The van der Waals surface area contributed by atoms with Crippen LogP contribution in [0.2, 0.25) is 0 Å². The maximum Gasteiger partial charge on any atom is 0.226 e. The first-order valence-corrected chi connectivity index (χ1v) is 8.39. The van der Waals surface area contributed by atoms with Gasteiger partial charge in [-0.15, -0.1) is 0 Å². The van der Waals surface area contributed by atoms with Gasteiger partial charge in [0, 0.05) is 23.7 Å². The molecule has 0 amide bonds. The molecule has 2 aromatic heterocycles. The molecular weight excluding hydrogens is 302 g/mol. The van der Waals surface area contributed by atoms with Crippen LogP contribution in [0, 0.1) is 13.8 Å². The van der Waals surface area contributed by atoms with Gasteiger partial charge in [-0.05, 0) is 45.4 Å². The second kappa shape index (κ2) is 6.24. The van der Waals surface area contributed by atoms with Crippen LogP contribution in [0.5, 0.6) is 0 Å². The Kier molecular flexibility index (Phi) is 3.94. The topological polar surface area (TPSA) is 55.3 Å². The first-order chi connectivity index (χ1) is 11.7. The van der Waals surface area contributed by atoms with Gasteiger partial charge >= 0.3 is 0 Å². The quantitative estimate of drug-likeness (QED) is 0.717. The predicted octanol–water partition coefficient (Wildman–Crippen LogP) is 4.28. The lowest BCUT2D eigenvalue weighted by atomic mass is 10.0. The van der Waals surface area contributed by atoms with Gasteiger partial charge in [0.1, 0.15) is 12.0 Å². The Morgan fingerprint density at radius 3 is 2.79 bits per heavy atom. The molecule has 24 heavy (non-hydrogen) atoms. The second-order valence-corrected chi connectivity index (χ2v) is 6.38. The third-order valence-electron chi connectivity index (χ3n) is 4.72. The molecular formula is C19H21N3O2. The number of nitrogens with zero attached hydrogens (tertiary/aromatic N) is 3. The molecule has 3 aromatic rings. The van der Waals surface area contributed by atoms with E-state index >= 15 is 0 Å². The van der Waals surface area contributed by atoms with Gasteiger partial charge in [0.25, 0.3) is 0 Å². The highest BCUT2D eigenvalue weighted by Gasteiger charge is 2.31. The molecule has 1 saturated heterocycles. The molecule has 3 heterocycles. The third kappa shape index (κ3) is 2.76. The summed E-state index contributed by atoms with van der Waals surface area (Å²) in [5.74, 6) is 1.60. The first-order valence-electron chi connectivity index (χ1n) is 8.39. The van der Waals surface area contributed by atoms with Crippen molar-refractivity contribution in [3.8, 4) is 11.5 Å². The van der Waals surface area contributed by atoms with Crippen molar-refractivity contribution < 1.29 is 8.94 Å². The first kappa shape index (κ1) is 15.1. The minimum atomic E-state index is 0.355. The summed E-state index contributed by atoms with van der Waals surface area (Å²) < 4.78 is 11.0. The van der Waals surface area contributed by atoms with Crippen LogP contribution in [-0.4, -0.2) is 21.6 Å². The molecule has 5 nitrogen and oxygen atoms in total. The molecule has 1 fully saturated rings. The average Bonchev–Trinajstić information content (AvgIpc) is 3.31. The summed E-state index contributed by atoms with van der Waals surface area (Å²) in [6, 6.07) is 10.4. The Balaban J connectivity index is 1.54. The number of benzene rings is 1. The molecule has 1 aliphatic heterocycles. The Bertz CT molecular complexity index is 803. The van der Waals surface area contributed by atoms with E-state index < -0.39 is 0 Å². The van der Waals surface area contributed by atoms with E-state index in [9.17, 15) is 0 Å². The number of aryl methyl sites for hydroxylation is 2. The van der Waals surface area contributed by atoms with Gasteiger partial charge < -0.3 is 8.94 Å². The summed E-state index contributed by atoms with van der Waals surface area (Å²) in [4.78, 5) is 7.10. The molecule has 0 spiro atoms. The Morgan fingerprint density at radius 2 is 2.04 bits per heavy atom. The molecule has 1 atom stereocenters. The van der Waals surface area contributed by atoms with E-state index in [-0.39, 0.29) is 0 Å². The molecule has 124 valence electrons. The molecule has 0 bridgehead atoms. The molecule has 0 aliphatic carbocycles. The zero-order valence-electron chi connectivity index (χ0n) is 14.0. The summed E-state index contributed by atoms with van der Waals surface area (Å²) in [7, 11) is 0. The fraction of sp³-hybridized carbons (Fsp3) is 0.368. The van der Waals surface area contributed by atoms with Gasteiger partial charge in [-0.3, -0.25) is 4.90 Å². The van der Waals surface area contributed by atoms with Crippen molar-refractivity contribution in [3.63, 3.8) is 0 Å². The maximum absolute atomic E-state index is 5.67. The van der Waals surface area contributed by atoms with Crippen LogP contribution in [0.25, 0.3) is 11.5 Å². The predicted molar refractivity (Wildman–Crippen MR) is 90.3 cm³/mol. The summed E-state index contributed by atoms with van der Waals surface area (Å²) in [5.41, 5.74) is 4.20. The van der Waals surface area contributed by atoms with Crippen LogP contribution in [0.15, 0.2) is 45.5 Å². The van der Waals surface area contributed by atoms with E-state index in [0.29, 0.717) is 11.9 Å². The number of hydrogen-bond donors (Lipinski definition) is 0. The lowest BCUT2D eigenvalue weighted by molar-refractivity contribution is 0.242. The van der Waals surface area contributed by atoms with Gasteiger partial charge in [0.05, 0.1) is 11.4 Å². The van der Waals surface area contributed by atoms with E-state index in [1.807, 2.05) is 44.2 Å². The van der Waals surface area contributed by atoms with Gasteiger partial charge in [-0.2, -0.15) is 0 Å². The Labute approximate surface area is 141 Å². The van der Waals surface area contributed by atoms with Crippen LogP contribution in [-0.2, 0) is 6.54 Å². The number of hydrogen-bond acceptors (Lipinski definition) is 5. The van der Waals surface area contributed by atoms with Crippen molar-refractivity contribution in [2.45, 2.75) is 39.3 Å². The highest BCUT2D eigenvalue weighted by atomic mass is 16.5. The Hall–Kier alpha value is -2.40. The normalized spacial score (nSPS) is 18.3. The van der Waals surface area contributed by atoms with Crippen molar-refractivity contribution in [1.29, 1.82) is 0 Å². The van der Waals surface area contributed by atoms with Gasteiger partial charge in [-0.1, -0.05) is 23.4 Å². The monoisotopic (exact) mass is 323 g/mol. The molecule has 1 aromatic carbocycles. The van der Waals surface area contributed by atoms with Crippen LogP contribution < -0.4 is 0 Å². The standard InChI is InChI=1S/C19H21N3O2/c1-13-18(14(2)24-21-13)17-9-6-10-22(17)11-16-12-23-19(20-16)15-7-4-3-5-8-15/h3-5,7-8,12,17H,6,9-11H2,1-2H3/t17-/m0/s1. The van der Waals surface area contributed by atoms with Gasteiger partial charge in [-0.25, -0.2) is 4.98 Å². The zero-order valence-corrected chi connectivity index (χ0v) is 14.0. The highest BCUT2D eigenvalue weighted by molar-refractivity contribution is 5.52. The molecule has 1 aliphatic rings. The van der Waals surface area contributed by atoms with Crippen LogP contribution in [0.4, 0.5) is 0 Å². The van der Waals surface area contributed by atoms with Crippen molar-refractivity contribution in [3.05, 3.63) is 59.3 Å². The highest BCUT2D eigenvalue weighted by Crippen LogP contribution is 2.36. The van der Waals surface area contributed by atoms with E-state index in [1.165, 1.54) is 12.0 Å². The maximum atomic E-state index is 5.67. The van der Waals surface area contributed by atoms with Crippen LogP contribution >= 0.6 is 0 Å². The van der Waals surface area contributed by atoms with Crippen molar-refractivity contribution >= 4 is 0 Å². The van der Waals surface area contributed by atoms with Crippen molar-refractivity contribution in [1.82, 2.24) is 15.0 Å². The Morgan fingerprint density at radius 1 is 1.21 bits per heavy atom. The summed E-state index contributed by atoms with van der Waals surface area (Å²) in [6.45, 7) is 5.86. The molecule has 0 saturated carbocycles. The third-order valence-corrected chi connectivity index (χ3v) is 4.72. The van der Waals surface area contributed by atoms with Crippen molar-refractivity contribution in [2.24, 2.45) is 0 Å². The van der Waals surface area contributed by atoms with E-state index in [2.05, 4.69) is 15.0 Å². The SMILES string of the molecule is Cc1noc(C)c1[C@@H]1CCCN1Cc1coc(-c2ccccc2)n1. The van der Waals surface area contributed by atoms with Crippen LogP contribution in [0.1, 0.15) is 41.6 Å². The smallest absolute Gasteiger partial charge is 0.226 e. The average molecular weight is 323 g/mol. The van der Waals surface area contributed by atoms with Gasteiger partial charge in [0.2, 0.25) is 5.89 Å². The molecule has 0 N–H and O–H groups in total. The number of aromatic nitrogens is 2.